The molecule has 2 amide bonds. The number of urea groups is 1. The minimum Gasteiger partial charge on any atom is -0.507 e. The van der Waals surface area contributed by atoms with Crippen LogP contribution in [-0.4, -0.2) is 59.0 Å². The second kappa shape index (κ2) is 13.8. The number of fused-ring (bicyclic) bond motifs is 2. The molecule has 0 radical (unpaired) electrons. The SMILES string of the molecule is O=C(Nc1cccc(S(=O)(=O)Nc2c(S(=O)(=O)O)ccc3cccc(O)c23)c1)Nc1cccc(S(=O)(=O)Nc2c(S(=O)(=O)O)ccc3cccc(O)c23)c1. The summed E-state index contributed by atoms with van der Waals surface area (Å²) in [5, 5.41) is 25.7. The zero-order chi connectivity index (χ0) is 39.2. The molecule has 0 atom stereocenters. The topological polar surface area (TPSA) is 283 Å². The third-order valence-corrected chi connectivity index (χ3v) is 12.3. The minimum atomic E-state index is -4.99. The summed E-state index contributed by atoms with van der Waals surface area (Å²) in [6.45, 7) is 0. The van der Waals surface area contributed by atoms with Crippen molar-refractivity contribution in [3.8, 4) is 11.5 Å². The van der Waals surface area contributed by atoms with Gasteiger partial charge < -0.3 is 20.8 Å². The highest BCUT2D eigenvalue weighted by molar-refractivity contribution is 7.93. The molecule has 54 heavy (non-hydrogen) atoms. The number of nitrogens with one attached hydrogen (secondary N) is 4. The number of hydrogen-bond donors (Lipinski definition) is 8. The predicted octanol–water partition coefficient (Wildman–Crippen LogP) is 5.14. The summed E-state index contributed by atoms with van der Waals surface area (Å²) in [6, 6.07) is 21.0. The van der Waals surface area contributed by atoms with E-state index in [0.717, 1.165) is 36.4 Å². The molecule has 6 aromatic rings. The maximum absolute atomic E-state index is 13.5. The molecule has 21 heteroatoms. The smallest absolute Gasteiger partial charge is 0.323 e. The van der Waals surface area contributed by atoms with Gasteiger partial charge in [-0.25, -0.2) is 21.6 Å². The first-order valence-corrected chi connectivity index (χ1v) is 20.9. The van der Waals surface area contributed by atoms with Crippen LogP contribution in [0, 0.1) is 0 Å². The zero-order valence-corrected chi connectivity index (χ0v) is 30.3. The molecule has 0 aromatic heterocycles. The van der Waals surface area contributed by atoms with Gasteiger partial charge in [-0.3, -0.25) is 18.5 Å². The van der Waals surface area contributed by atoms with Crippen LogP contribution in [0.3, 0.4) is 0 Å². The van der Waals surface area contributed by atoms with E-state index in [1.54, 1.807) is 0 Å². The summed E-state index contributed by atoms with van der Waals surface area (Å²) in [6.07, 6.45) is 0. The molecule has 0 aliphatic heterocycles. The Hall–Kier alpha value is -5.97. The monoisotopic (exact) mass is 814 g/mol. The molecule has 17 nitrogen and oxygen atoms in total. The van der Waals surface area contributed by atoms with Crippen LogP contribution in [-0.2, 0) is 40.3 Å². The van der Waals surface area contributed by atoms with E-state index >= 15 is 0 Å². The summed E-state index contributed by atoms with van der Waals surface area (Å²) in [5.41, 5.74) is -1.44. The van der Waals surface area contributed by atoms with E-state index in [1.165, 1.54) is 72.8 Å². The number of rotatable bonds is 10. The van der Waals surface area contributed by atoms with Crippen LogP contribution in [0.15, 0.2) is 129 Å². The van der Waals surface area contributed by atoms with Gasteiger partial charge in [0.1, 0.15) is 21.3 Å². The van der Waals surface area contributed by atoms with E-state index in [2.05, 4.69) is 20.1 Å². The average molecular weight is 815 g/mol. The Bertz CT molecular complexity index is 2770. The van der Waals surface area contributed by atoms with Gasteiger partial charge in [-0.1, -0.05) is 48.5 Å². The molecule has 8 N–H and O–H groups in total. The van der Waals surface area contributed by atoms with Crippen LogP contribution >= 0.6 is 0 Å². The van der Waals surface area contributed by atoms with Crippen molar-refractivity contribution in [2.75, 3.05) is 20.1 Å². The number of phenolic OH excluding ortho intramolecular Hbond substituents is 2. The molecular formula is C33H26N4O13S4. The first-order chi connectivity index (χ1) is 25.2. The van der Waals surface area contributed by atoms with Gasteiger partial charge in [-0.2, -0.15) is 16.8 Å². The molecule has 0 bridgehead atoms. The standard InChI is InChI=1S/C33H26N4O13S4/c38-25-11-1-5-19-13-15-27(53(45,46)47)31(29(19)25)36-51(41,42)23-9-3-7-21(17-23)34-33(40)35-22-8-4-10-24(18-22)52(43,44)37-32-28(54(48,49)50)16-14-20-6-2-12-26(39)30(20)32/h1-18,36-39H,(H2,34,35,40)(H,45,46,47)(H,48,49,50). The number of anilines is 4. The van der Waals surface area contributed by atoms with Crippen molar-refractivity contribution in [3.05, 3.63) is 109 Å². The Morgan fingerprint density at radius 2 is 0.852 bits per heavy atom. The van der Waals surface area contributed by atoms with Crippen molar-refractivity contribution in [2.45, 2.75) is 19.6 Å². The molecule has 6 rings (SSSR count). The van der Waals surface area contributed by atoms with E-state index in [1.807, 2.05) is 0 Å². The first kappa shape index (κ1) is 37.8. The number of sulfonamides is 2. The van der Waals surface area contributed by atoms with Gasteiger partial charge in [0, 0.05) is 22.1 Å². The summed E-state index contributed by atoms with van der Waals surface area (Å²) >= 11 is 0. The zero-order valence-electron chi connectivity index (χ0n) is 27.0. The molecule has 280 valence electrons. The first-order valence-electron chi connectivity index (χ1n) is 15.0. The third-order valence-electron chi connectivity index (χ3n) is 7.80. The highest BCUT2D eigenvalue weighted by Crippen LogP contribution is 2.39. The lowest BCUT2D eigenvalue weighted by Gasteiger charge is -2.16. The van der Waals surface area contributed by atoms with Gasteiger partial charge in [0.15, 0.2) is 0 Å². The summed E-state index contributed by atoms with van der Waals surface area (Å²) < 4.78 is 126. The van der Waals surface area contributed by atoms with Gasteiger partial charge in [0.05, 0.1) is 21.2 Å². The number of hydrogen-bond acceptors (Lipinski definition) is 11. The molecule has 0 saturated heterocycles. The van der Waals surface area contributed by atoms with Crippen molar-refractivity contribution in [2.24, 2.45) is 0 Å². The van der Waals surface area contributed by atoms with E-state index < -0.39 is 88.8 Å². The van der Waals surface area contributed by atoms with Crippen LogP contribution < -0.4 is 20.1 Å². The van der Waals surface area contributed by atoms with Gasteiger partial charge in [-0.05, 0) is 71.4 Å². The van der Waals surface area contributed by atoms with Crippen molar-refractivity contribution < 1.29 is 57.8 Å². The molecular weight excluding hydrogens is 789 g/mol. The number of carbonyl (C=O) groups excluding carboxylic acids is 1. The molecule has 0 heterocycles. The Morgan fingerprint density at radius 3 is 1.22 bits per heavy atom. The Labute approximate surface area is 307 Å². The Kier molecular flexibility index (Phi) is 9.64. The van der Waals surface area contributed by atoms with E-state index in [0.29, 0.717) is 0 Å². The van der Waals surface area contributed by atoms with Crippen LogP contribution in [0.4, 0.5) is 27.5 Å². The lowest BCUT2D eigenvalue weighted by molar-refractivity contribution is 0.262. The lowest BCUT2D eigenvalue weighted by atomic mass is 10.1. The molecule has 0 spiro atoms. The number of phenols is 2. The minimum absolute atomic E-state index is 0.0925. The fourth-order valence-electron chi connectivity index (χ4n) is 5.48. The second-order valence-electron chi connectivity index (χ2n) is 11.4. The Balaban J connectivity index is 1.24. The highest BCUT2D eigenvalue weighted by atomic mass is 32.2. The number of aromatic hydroxyl groups is 2. The molecule has 0 fully saturated rings. The van der Waals surface area contributed by atoms with Crippen LogP contribution in [0.5, 0.6) is 11.5 Å². The molecule has 0 unspecified atom stereocenters. The maximum atomic E-state index is 13.5. The number of carbonyl (C=O) groups is 1. The van der Waals surface area contributed by atoms with Crippen molar-refractivity contribution >= 4 is 90.6 Å². The van der Waals surface area contributed by atoms with Crippen LogP contribution in [0.1, 0.15) is 0 Å². The van der Waals surface area contributed by atoms with Crippen molar-refractivity contribution in [3.63, 3.8) is 0 Å². The van der Waals surface area contributed by atoms with E-state index in [-0.39, 0.29) is 32.9 Å². The van der Waals surface area contributed by atoms with E-state index in [9.17, 15) is 57.8 Å². The summed E-state index contributed by atoms with van der Waals surface area (Å²) in [4.78, 5) is 10.4. The normalized spacial score (nSPS) is 12.3. The number of benzene rings is 6. The van der Waals surface area contributed by atoms with Gasteiger partial charge in [-0.15, -0.1) is 0 Å². The van der Waals surface area contributed by atoms with E-state index in [4.69, 9.17) is 0 Å². The van der Waals surface area contributed by atoms with Crippen LogP contribution in [0.2, 0.25) is 0 Å². The number of amides is 2. The van der Waals surface area contributed by atoms with Crippen molar-refractivity contribution in [1.29, 1.82) is 0 Å². The Morgan fingerprint density at radius 1 is 0.481 bits per heavy atom. The molecule has 6 aromatic carbocycles. The van der Waals surface area contributed by atoms with Gasteiger partial charge in [0.2, 0.25) is 0 Å². The lowest BCUT2D eigenvalue weighted by Crippen LogP contribution is -2.21. The van der Waals surface area contributed by atoms with Gasteiger partial charge >= 0.3 is 6.03 Å². The fraction of sp³-hybridized carbons (Fsp3) is 0. The largest absolute Gasteiger partial charge is 0.507 e. The van der Waals surface area contributed by atoms with Crippen molar-refractivity contribution in [1.82, 2.24) is 0 Å². The second-order valence-corrected chi connectivity index (χ2v) is 17.6. The summed E-state index contributed by atoms with van der Waals surface area (Å²) in [5.74, 6) is -0.961. The van der Waals surface area contributed by atoms with Crippen LogP contribution in [0.25, 0.3) is 21.5 Å². The third kappa shape index (κ3) is 7.71. The molecule has 0 aliphatic rings. The molecule has 0 aliphatic carbocycles. The highest BCUT2D eigenvalue weighted by Gasteiger charge is 2.27. The predicted molar refractivity (Wildman–Crippen MR) is 198 cm³/mol. The van der Waals surface area contributed by atoms with Gasteiger partial charge in [0.25, 0.3) is 40.3 Å². The maximum Gasteiger partial charge on any atom is 0.323 e. The quantitative estimate of drug-likeness (QED) is 0.0833. The average Bonchev–Trinajstić information content (AvgIpc) is 3.07. The molecule has 0 saturated carbocycles. The fourth-order valence-corrected chi connectivity index (χ4v) is 9.18. The summed E-state index contributed by atoms with van der Waals surface area (Å²) in [7, 11) is -19.3.